The van der Waals surface area contributed by atoms with Crippen molar-refractivity contribution in [2.75, 3.05) is 35.6 Å². The molecule has 0 aliphatic carbocycles. The predicted octanol–water partition coefficient (Wildman–Crippen LogP) is 3.84. The van der Waals surface area contributed by atoms with Gasteiger partial charge in [-0.05, 0) is 49.7 Å². The molecule has 1 amide bonds. The quantitative estimate of drug-likeness (QED) is 0.515. The van der Waals surface area contributed by atoms with Gasteiger partial charge >= 0.3 is 0 Å². The number of carbonyl (C=O) groups excluding carboxylic acids is 1. The largest absolute Gasteiger partial charge is 0.492 e. The third kappa shape index (κ3) is 7.11. The maximum absolute atomic E-state index is 12.3. The molecule has 1 N–H and O–H groups in total. The van der Waals surface area contributed by atoms with E-state index in [1.807, 2.05) is 6.92 Å². The van der Waals surface area contributed by atoms with Gasteiger partial charge in [-0.1, -0.05) is 24.8 Å². The van der Waals surface area contributed by atoms with E-state index in [1.54, 1.807) is 54.6 Å². The van der Waals surface area contributed by atoms with E-state index in [4.69, 9.17) is 9.47 Å². The molecule has 30 heavy (non-hydrogen) atoms. The third-order valence-electron chi connectivity index (χ3n) is 4.11. The van der Waals surface area contributed by atoms with Crippen LogP contribution in [0, 0.1) is 0 Å². The Hall–Kier alpha value is -3.00. The van der Waals surface area contributed by atoms with Gasteiger partial charge in [0.15, 0.2) is 0 Å². The van der Waals surface area contributed by atoms with Crippen LogP contribution in [0.4, 0.5) is 11.4 Å². The molecule has 0 radical (unpaired) electrons. The van der Waals surface area contributed by atoms with Gasteiger partial charge in [0.1, 0.15) is 18.1 Å². The molecule has 0 fully saturated rings. The van der Waals surface area contributed by atoms with Crippen LogP contribution in [0.2, 0.25) is 0 Å². The van der Waals surface area contributed by atoms with Crippen LogP contribution in [0.15, 0.2) is 61.2 Å². The Balaban J connectivity index is 1.95. The third-order valence-corrected chi connectivity index (χ3v) is 5.29. The molecule has 7 nitrogen and oxygen atoms in total. The van der Waals surface area contributed by atoms with Gasteiger partial charge in [-0.15, -0.1) is 0 Å². The number of carbonyl (C=O) groups is 1. The zero-order chi connectivity index (χ0) is 22.0. The Kier molecular flexibility index (Phi) is 8.73. The zero-order valence-electron chi connectivity index (χ0n) is 17.3. The fraction of sp³-hybridized carbons (Fsp3) is 0.318. The molecular weight excluding hydrogens is 404 g/mol. The highest BCUT2D eigenvalue weighted by Gasteiger charge is 2.21. The standard InChI is InChI=1S/C22H28N2O5S/c1-4-17-29-19-14-12-18(13-15-19)23-22(25)11-8-16-24(30(3,26)27)20-9-6-7-10-21(20)28-5-2/h4,6-7,9-10,12-15H,1,5,8,11,16-17H2,2-3H3,(H,23,25). The van der Waals surface area contributed by atoms with Crippen molar-refractivity contribution in [1.82, 2.24) is 0 Å². The zero-order valence-corrected chi connectivity index (χ0v) is 18.2. The summed E-state index contributed by atoms with van der Waals surface area (Å²) in [7, 11) is -3.53. The van der Waals surface area contributed by atoms with Gasteiger partial charge in [-0.25, -0.2) is 8.42 Å². The first-order chi connectivity index (χ1) is 14.3. The van der Waals surface area contributed by atoms with Crippen LogP contribution in [0.3, 0.4) is 0 Å². The molecule has 162 valence electrons. The van der Waals surface area contributed by atoms with Crippen molar-refractivity contribution in [2.45, 2.75) is 19.8 Å². The molecule has 2 aromatic carbocycles. The summed E-state index contributed by atoms with van der Waals surface area (Å²) < 4.78 is 36.9. The molecule has 0 bridgehead atoms. The summed E-state index contributed by atoms with van der Waals surface area (Å²) >= 11 is 0. The number of anilines is 2. The van der Waals surface area contributed by atoms with Crippen LogP contribution < -0.4 is 19.1 Å². The monoisotopic (exact) mass is 432 g/mol. The van der Waals surface area contributed by atoms with E-state index in [9.17, 15) is 13.2 Å². The molecule has 0 unspecified atom stereocenters. The summed E-state index contributed by atoms with van der Waals surface area (Å²) in [6.07, 6.45) is 3.34. The molecule has 0 aliphatic heterocycles. The lowest BCUT2D eigenvalue weighted by Crippen LogP contribution is -2.31. The average Bonchev–Trinajstić information content (AvgIpc) is 2.71. The highest BCUT2D eigenvalue weighted by atomic mass is 32.2. The lowest BCUT2D eigenvalue weighted by molar-refractivity contribution is -0.116. The van der Waals surface area contributed by atoms with Crippen LogP contribution >= 0.6 is 0 Å². The van der Waals surface area contributed by atoms with Gasteiger partial charge in [0.05, 0.1) is 18.6 Å². The second-order valence-corrected chi connectivity index (χ2v) is 8.42. The van der Waals surface area contributed by atoms with Crippen molar-refractivity contribution in [1.29, 1.82) is 0 Å². The second kappa shape index (κ2) is 11.3. The van der Waals surface area contributed by atoms with Crippen molar-refractivity contribution in [3.63, 3.8) is 0 Å². The van der Waals surface area contributed by atoms with E-state index < -0.39 is 10.0 Å². The summed E-state index contributed by atoms with van der Waals surface area (Å²) in [5, 5.41) is 2.80. The minimum absolute atomic E-state index is 0.171. The molecule has 0 aromatic heterocycles. The summed E-state index contributed by atoms with van der Waals surface area (Å²) in [6, 6.07) is 14.0. The van der Waals surface area contributed by atoms with Gasteiger partial charge in [0.25, 0.3) is 0 Å². The van der Waals surface area contributed by atoms with Crippen LogP contribution in [-0.4, -0.2) is 40.3 Å². The van der Waals surface area contributed by atoms with E-state index in [0.29, 0.717) is 42.5 Å². The first-order valence-corrected chi connectivity index (χ1v) is 11.5. The summed E-state index contributed by atoms with van der Waals surface area (Å²) in [6.45, 7) is 6.44. The van der Waals surface area contributed by atoms with Gasteiger partial charge in [-0.2, -0.15) is 0 Å². The van der Waals surface area contributed by atoms with Crippen molar-refractivity contribution in [2.24, 2.45) is 0 Å². The first kappa shape index (κ1) is 23.3. The maximum Gasteiger partial charge on any atom is 0.232 e. The van der Waals surface area contributed by atoms with Crippen molar-refractivity contribution >= 4 is 27.3 Å². The van der Waals surface area contributed by atoms with Crippen LogP contribution in [-0.2, 0) is 14.8 Å². The lowest BCUT2D eigenvalue weighted by Gasteiger charge is -2.24. The number of hydrogen-bond acceptors (Lipinski definition) is 5. The Morgan fingerprint density at radius 3 is 2.47 bits per heavy atom. The minimum Gasteiger partial charge on any atom is -0.492 e. The topological polar surface area (TPSA) is 84.9 Å². The first-order valence-electron chi connectivity index (χ1n) is 9.68. The number of hydrogen-bond donors (Lipinski definition) is 1. The number of nitrogens with zero attached hydrogens (tertiary/aromatic N) is 1. The number of para-hydroxylation sites is 2. The van der Waals surface area contributed by atoms with Crippen molar-refractivity contribution in [3.8, 4) is 11.5 Å². The Labute approximate surface area is 178 Å². The van der Waals surface area contributed by atoms with E-state index in [-0.39, 0.29) is 18.9 Å². The molecule has 0 saturated carbocycles. The molecule has 0 spiro atoms. The van der Waals surface area contributed by atoms with Crippen molar-refractivity contribution < 1.29 is 22.7 Å². The van der Waals surface area contributed by atoms with Gasteiger partial charge in [0.2, 0.25) is 15.9 Å². The predicted molar refractivity (Wildman–Crippen MR) is 120 cm³/mol. The van der Waals surface area contributed by atoms with Gasteiger partial charge in [0, 0.05) is 18.7 Å². The number of amides is 1. The van der Waals surface area contributed by atoms with Crippen molar-refractivity contribution in [3.05, 3.63) is 61.2 Å². The SMILES string of the molecule is C=CCOc1ccc(NC(=O)CCCN(c2ccccc2OCC)S(C)(=O)=O)cc1. The molecule has 0 saturated heterocycles. The molecule has 2 aromatic rings. The number of nitrogens with one attached hydrogen (secondary N) is 1. The molecule has 2 rings (SSSR count). The van der Waals surface area contributed by atoms with E-state index >= 15 is 0 Å². The molecule has 0 atom stereocenters. The molecule has 0 heterocycles. The fourth-order valence-electron chi connectivity index (χ4n) is 2.80. The Bertz CT molecular complexity index is 942. The van der Waals surface area contributed by atoms with Gasteiger partial charge < -0.3 is 14.8 Å². The Morgan fingerprint density at radius 2 is 1.83 bits per heavy atom. The second-order valence-electron chi connectivity index (χ2n) is 6.51. The van der Waals surface area contributed by atoms with E-state index in [2.05, 4.69) is 11.9 Å². The molecule has 8 heteroatoms. The number of ether oxygens (including phenoxy) is 2. The van der Waals surface area contributed by atoms with E-state index in [1.165, 1.54) is 4.31 Å². The normalized spacial score (nSPS) is 10.9. The number of benzene rings is 2. The minimum atomic E-state index is -3.53. The molecular formula is C22H28N2O5S. The smallest absolute Gasteiger partial charge is 0.232 e. The summed E-state index contributed by atoms with van der Waals surface area (Å²) in [4.78, 5) is 12.3. The fourth-order valence-corrected chi connectivity index (χ4v) is 3.77. The van der Waals surface area contributed by atoms with Gasteiger partial charge in [-0.3, -0.25) is 9.10 Å². The lowest BCUT2D eigenvalue weighted by atomic mass is 10.2. The van der Waals surface area contributed by atoms with E-state index in [0.717, 1.165) is 6.26 Å². The molecule has 0 aliphatic rings. The van der Waals surface area contributed by atoms with Crippen LogP contribution in [0.25, 0.3) is 0 Å². The van der Waals surface area contributed by atoms with Crippen LogP contribution in [0.5, 0.6) is 11.5 Å². The maximum atomic E-state index is 12.3. The average molecular weight is 433 g/mol. The summed E-state index contributed by atoms with van der Waals surface area (Å²) in [5.74, 6) is 0.986. The van der Waals surface area contributed by atoms with Crippen LogP contribution in [0.1, 0.15) is 19.8 Å². The Morgan fingerprint density at radius 1 is 1.13 bits per heavy atom. The number of sulfonamides is 1. The number of rotatable bonds is 12. The highest BCUT2D eigenvalue weighted by molar-refractivity contribution is 7.92. The summed E-state index contributed by atoms with van der Waals surface area (Å²) in [5.41, 5.74) is 1.12. The highest BCUT2D eigenvalue weighted by Crippen LogP contribution is 2.30.